The van der Waals surface area contributed by atoms with Gasteiger partial charge in [0.05, 0.1) is 0 Å². The van der Waals surface area contributed by atoms with Crippen LogP contribution in [0.5, 0.6) is 0 Å². The molecule has 1 aliphatic carbocycles. The maximum atomic E-state index is 11.8. The smallest absolute Gasteiger partial charge is 0.152 e. The van der Waals surface area contributed by atoms with Crippen LogP contribution < -0.4 is 0 Å². The molecule has 2 fully saturated rings. The van der Waals surface area contributed by atoms with Gasteiger partial charge in [-0.2, -0.15) is 0 Å². The van der Waals surface area contributed by atoms with Crippen molar-refractivity contribution in [2.75, 3.05) is 39.8 Å². The Bertz CT molecular complexity index is 724. The van der Waals surface area contributed by atoms with Crippen LogP contribution in [0.4, 0.5) is 0 Å². The zero-order chi connectivity index (χ0) is 16.5. The molecule has 4 rings (SSSR count). The van der Waals surface area contributed by atoms with E-state index in [1.54, 1.807) is 0 Å². The summed E-state index contributed by atoms with van der Waals surface area (Å²) in [6.45, 7) is 6.67. The second-order valence-corrected chi connectivity index (χ2v) is 7.36. The number of aldehydes is 1. The fourth-order valence-electron chi connectivity index (χ4n) is 4.15. The van der Waals surface area contributed by atoms with Gasteiger partial charge in [-0.15, -0.1) is 0 Å². The molecule has 0 spiro atoms. The Morgan fingerprint density at radius 1 is 1.08 bits per heavy atom. The minimum atomic E-state index is 0.574. The van der Waals surface area contributed by atoms with Crippen molar-refractivity contribution in [3.05, 3.63) is 35.5 Å². The summed E-state index contributed by atoms with van der Waals surface area (Å²) in [5.41, 5.74) is 3.47. The first kappa shape index (κ1) is 15.9. The molecule has 1 aromatic heterocycles. The predicted octanol–water partition coefficient (Wildman–Crippen LogP) is 2.97. The summed E-state index contributed by atoms with van der Waals surface area (Å²) >= 11 is 0. The van der Waals surface area contributed by atoms with Crippen LogP contribution >= 0.6 is 0 Å². The van der Waals surface area contributed by atoms with E-state index in [2.05, 4.69) is 39.6 Å². The number of likely N-dealkylation sites (N-methyl/N-ethyl adjacent to an activating group) is 1. The van der Waals surface area contributed by atoms with Crippen molar-refractivity contribution in [1.82, 2.24) is 14.4 Å². The first-order valence-corrected chi connectivity index (χ1v) is 9.25. The summed E-state index contributed by atoms with van der Waals surface area (Å²) in [5.74, 6) is 0.574. The minimum absolute atomic E-state index is 0.574. The maximum Gasteiger partial charge on any atom is 0.152 e. The van der Waals surface area contributed by atoms with Crippen molar-refractivity contribution < 1.29 is 4.79 Å². The predicted molar refractivity (Wildman–Crippen MR) is 97.9 cm³/mol. The lowest BCUT2D eigenvalue weighted by Gasteiger charge is -2.33. The Labute approximate surface area is 144 Å². The van der Waals surface area contributed by atoms with Crippen molar-refractivity contribution in [2.45, 2.75) is 31.7 Å². The van der Waals surface area contributed by atoms with Crippen molar-refractivity contribution >= 4 is 17.2 Å². The van der Waals surface area contributed by atoms with Gasteiger partial charge in [0, 0.05) is 61.4 Å². The second-order valence-electron chi connectivity index (χ2n) is 7.36. The molecule has 1 saturated heterocycles. The third kappa shape index (κ3) is 2.78. The Kier molecular flexibility index (Phi) is 4.42. The minimum Gasteiger partial charge on any atom is -0.342 e. The summed E-state index contributed by atoms with van der Waals surface area (Å²) in [7, 11) is 2.20. The van der Waals surface area contributed by atoms with Crippen molar-refractivity contribution in [3.8, 4) is 0 Å². The van der Waals surface area contributed by atoms with Gasteiger partial charge in [0.25, 0.3) is 0 Å². The van der Waals surface area contributed by atoms with E-state index in [4.69, 9.17) is 0 Å². The third-order valence-corrected chi connectivity index (χ3v) is 5.90. The lowest BCUT2D eigenvalue weighted by atomic mass is 9.81. The summed E-state index contributed by atoms with van der Waals surface area (Å²) in [6, 6.07) is 8.42. The molecule has 1 aromatic carbocycles. The average molecular weight is 325 g/mol. The summed E-state index contributed by atoms with van der Waals surface area (Å²) in [6.07, 6.45) is 4.84. The molecule has 2 aliphatic rings. The second kappa shape index (κ2) is 6.69. The van der Waals surface area contributed by atoms with Gasteiger partial charge in [0.15, 0.2) is 6.29 Å². The molecular weight excluding hydrogens is 298 g/mol. The van der Waals surface area contributed by atoms with Crippen LogP contribution in [0.1, 0.15) is 41.2 Å². The van der Waals surface area contributed by atoms with Gasteiger partial charge in [-0.25, -0.2) is 0 Å². The number of aromatic nitrogens is 1. The van der Waals surface area contributed by atoms with Gasteiger partial charge < -0.3 is 9.47 Å². The quantitative estimate of drug-likeness (QED) is 0.791. The Hall–Kier alpha value is -1.65. The number of piperazine rings is 1. The number of carbonyl (C=O) groups is 1. The summed E-state index contributed by atoms with van der Waals surface area (Å²) < 4.78 is 2.45. The van der Waals surface area contributed by atoms with Gasteiger partial charge in [0.1, 0.15) is 0 Å². The van der Waals surface area contributed by atoms with Gasteiger partial charge in [-0.1, -0.05) is 24.6 Å². The Balaban J connectivity index is 1.64. The molecule has 0 amide bonds. The first-order valence-electron chi connectivity index (χ1n) is 9.25. The van der Waals surface area contributed by atoms with E-state index in [1.807, 2.05) is 6.07 Å². The van der Waals surface area contributed by atoms with Crippen molar-refractivity contribution in [2.24, 2.45) is 0 Å². The molecule has 4 heteroatoms. The van der Waals surface area contributed by atoms with Gasteiger partial charge >= 0.3 is 0 Å². The molecule has 24 heavy (non-hydrogen) atoms. The number of para-hydroxylation sites is 1. The van der Waals surface area contributed by atoms with Crippen LogP contribution in [0.2, 0.25) is 0 Å². The number of nitrogens with zero attached hydrogens (tertiary/aromatic N) is 3. The lowest BCUT2D eigenvalue weighted by Crippen LogP contribution is -2.45. The zero-order valence-corrected chi connectivity index (χ0v) is 14.6. The standard InChI is InChI=1S/C20H27N3O/c1-21-9-11-22(12-10-21)13-14-23-19-8-3-2-7-17(19)18(15-24)20(23)16-5-4-6-16/h2-3,7-8,15-16H,4-6,9-14H2,1H3. The van der Waals surface area contributed by atoms with Crippen LogP contribution in [-0.2, 0) is 6.54 Å². The van der Waals surface area contributed by atoms with Crippen molar-refractivity contribution in [1.29, 1.82) is 0 Å². The highest BCUT2D eigenvalue weighted by Crippen LogP contribution is 2.41. The first-order chi connectivity index (χ1) is 11.8. The molecular formula is C20H27N3O. The highest BCUT2D eigenvalue weighted by molar-refractivity contribution is 5.99. The molecule has 0 bridgehead atoms. The van der Waals surface area contributed by atoms with Gasteiger partial charge in [-0.05, 0) is 31.9 Å². The van der Waals surface area contributed by atoms with Crippen LogP contribution in [0.25, 0.3) is 10.9 Å². The zero-order valence-electron chi connectivity index (χ0n) is 14.6. The highest BCUT2D eigenvalue weighted by Gasteiger charge is 2.28. The molecule has 0 N–H and O–H groups in total. The molecule has 0 radical (unpaired) electrons. The highest BCUT2D eigenvalue weighted by atomic mass is 16.1. The number of fused-ring (bicyclic) bond motifs is 1. The maximum absolute atomic E-state index is 11.8. The average Bonchev–Trinajstić information content (AvgIpc) is 2.86. The van der Waals surface area contributed by atoms with E-state index in [-0.39, 0.29) is 0 Å². The van der Waals surface area contributed by atoms with E-state index in [0.29, 0.717) is 5.92 Å². The number of hydrogen-bond donors (Lipinski definition) is 0. The molecule has 1 aliphatic heterocycles. The van der Waals surface area contributed by atoms with Crippen LogP contribution in [-0.4, -0.2) is 60.4 Å². The monoisotopic (exact) mass is 325 g/mol. The van der Waals surface area contributed by atoms with E-state index < -0.39 is 0 Å². The number of hydrogen-bond acceptors (Lipinski definition) is 3. The SMILES string of the molecule is CN1CCN(CCn2c(C3CCC3)c(C=O)c3ccccc32)CC1. The number of benzene rings is 1. The largest absolute Gasteiger partial charge is 0.342 e. The fraction of sp³-hybridized carbons (Fsp3) is 0.550. The molecule has 0 unspecified atom stereocenters. The molecule has 4 nitrogen and oxygen atoms in total. The number of carbonyl (C=O) groups excluding carboxylic acids is 1. The van der Waals surface area contributed by atoms with Crippen molar-refractivity contribution in [3.63, 3.8) is 0 Å². The molecule has 2 aromatic rings. The molecule has 128 valence electrons. The summed E-state index contributed by atoms with van der Waals surface area (Å²) in [4.78, 5) is 16.8. The molecule has 1 saturated carbocycles. The molecule has 2 heterocycles. The van der Waals surface area contributed by atoms with E-state index in [9.17, 15) is 4.79 Å². The number of rotatable bonds is 5. The van der Waals surface area contributed by atoms with E-state index in [0.717, 1.165) is 56.5 Å². The normalized spacial score (nSPS) is 20.4. The Morgan fingerprint density at radius 3 is 2.50 bits per heavy atom. The lowest BCUT2D eigenvalue weighted by molar-refractivity contribution is 0.112. The van der Waals surface area contributed by atoms with Crippen LogP contribution in [0.15, 0.2) is 24.3 Å². The third-order valence-electron chi connectivity index (χ3n) is 5.90. The van der Waals surface area contributed by atoms with Gasteiger partial charge in [-0.3, -0.25) is 9.69 Å². The van der Waals surface area contributed by atoms with Crippen LogP contribution in [0.3, 0.4) is 0 Å². The van der Waals surface area contributed by atoms with E-state index in [1.165, 1.54) is 30.5 Å². The fourth-order valence-corrected chi connectivity index (χ4v) is 4.15. The van der Waals surface area contributed by atoms with Crippen LogP contribution in [0, 0.1) is 0 Å². The van der Waals surface area contributed by atoms with E-state index >= 15 is 0 Å². The topological polar surface area (TPSA) is 28.5 Å². The Morgan fingerprint density at radius 2 is 1.83 bits per heavy atom. The summed E-state index contributed by atoms with van der Waals surface area (Å²) in [5, 5.41) is 1.13. The molecule has 0 atom stereocenters. The van der Waals surface area contributed by atoms with Gasteiger partial charge in [0.2, 0.25) is 0 Å².